The van der Waals surface area contributed by atoms with E-state index in [-0.39, 0.29) is 0 Å². The molecular formula is C44H38N2O2. The Balaban J connectivity index is 0.00000197. The summed E-state index contributed by atoms with van der Waals surface area (Å²) in [6.07, 6.45) is 3.51. The van der Waals surface area contributed by atoms with Gasteiger partial charge in [-0.25, -0.2) is 0 Å². The van der Waals surface area contributed by atoms with E-state index in [1.807, 2.05) is 38.1 Å². The Morgan fingerprint density at radius 2 is 0.479 bits per heavy atom. The van der Waals surface area contributed by atoms with Crippen LogP contribution in [0, 0.1) is 0 Å². The molecule has 4 nitrogen and oxygen atoms in total. The molecule has 7 aromatic rings. The summed E-state index contributed by atoms with van der Waals surface area (Å²) >= 11 is 0. The lowest BCUT2D eigenvalue weighted by molar-refractivity contribution is 0.415. The molecule has 0 atom stereocenters. The maximum atomic E-state index is 5.29. The maximum absolute atomic E-state index is 5.29. The van der Waals surface area contributed by atoms with E-state index in [9.17, 15) is 0 Å². The van der Waals surface area contributed by atoms with Crippen LogP contribution in [0.5, 0.6) is 11.5 Å². The highest BCUT2D eigenvalue weighted by molar-refractivity contribution is 5.81. The first kappa shape index (κ1) is 32.0. The van der Waals surface area contributed by atoms with Gasteiger partial charge in [0.25, 0.3) is 0 Å². The minimum Gasteiger partial charge on any atom is -0.497 e. The van der Waals surface area contributed by atoms with Gasteiger partial charge in [0.15, 0.2) is 0 Å². The molecule has 0 aliphatic rings. The molecule has 0 radical (unpaired) electrons. The molecule has 0 unspecified atom stereocenters. The van der Waals surface area contributed by atoms with Crippen LogP contribution in [0.15, 0.2) is 158 Å². The predicted octanol–water partition coefficient (Wildman–Crippen LogP) is 11.5. The van der Waals surface area contributed by atoms with Crippen LogP contribution in [0.4, 0.5) is 0 Å². The number of hydrogen-bond donors (Lipinski definition) is 0. The van der Waals surface area contributed by atoms with Crippen molar-refractivity contribution in [1.29, 1.82) is 0 Å². The number of nitrogens with zero attached hydrogens (tertiary/aromatic N) is 2. The Kier molecular flexibility index (Phi) is 10.0. The minimum atomic E-state index is 0.857. The van der Waals surface area contributed by atoms with Crippen molar-refractivity contribution in [3.05, 3.63) is 158 Å². The SMILES string of the molecule is CC.COc1ccc(-c2ccc(-c3ccc(-c4nccnc4-c4ccc(-c5ccc(-c6ccc(OC)cc6)cc5)cc4)cc3)cc2)cc1. The lowest BCUT2D eigenvalue weighted by atomic mass is 9.97. The van der Waals surface area contributed by atoms with Gasteiger partial charge in [0, 0.05) is 23.5 Å². The van der Waals surface area contributed by atoms with Crippen molar-refractivity contribution in [1.82, 2.24) is 9.97 Å². The van der Waals surface area contributed by atoms with Crippen molar-refractivity contribution >= 4 is 0 Å². The van der Waals surface area contributed by atoms with Gasteiger partial charge in [-0.2, -0.15) is 0 Å². The van der Waals surface area contributed by atoms with Gasteiger partial charge in [-0.05, 0) is 68.8 Å². The molecule has 0 saturated heterocycles. The second-order valence-corrected chi connectivity index (χ2v) is 11.0. The minimum absolute atomic E-state index is 0.857. The van der Waals surface area contributed by atoms with Gasteiger partial charge in [-0.15, -0.1) is 0 Å². The summed E-state index contributed by atoms with van der Waals surface area (Å²) in [7, 11) is 3.37. The Labute approximate surface area is 283 Å². The molecule has 48 heavy (non-hydrogen) atoms. The molecule has 236 valence electrons. The third-order valence-corrected chi connectivity index (χ3v) is 8.30. The molecule has 0 fully saturated rings. The average Bonchev–Trinajstić information content (AvgIpc) is 3.19. The topological polar surface area (TPSA) is 44.2 Å². The summed E-state index contributed by atoms with van der Waals surface area (Å²) in [6, 6.07) is 50.6. The van der Waals surface area contributed by atoms with Crippen LogP contribution >= 0.6 is 0 Å². The lowest BCUT2D eigenvalue weighted by Crippen LogP contribution is -1.92. The molecule has 0 N–H and O–H groups in total. The molecule has 0 amide bonds. The molecule has 0 aliphatic carbocycles. The first-order chi connectivity index (χ1) is 23.7. The first-order valence-electron chi connectivity index (χ1n) is 16.2. The summed E-state index contributed by atoms with van der Waals surface area (Å²) < 4.78 is 10.6. The largest absolute Gasteiger partial charge is 0.497 e. The highest BCUT2D eigenvalue weighted by Gasteiger charge is 2.12. The molecule has 1 aromatic heterocycles. The summed E-state index contributed by atoms with van der Waals surface area (Å²) in [4.78, 5) is 9.47. The van der Waals surface area contributed by atoms with Gasteiger partial charge in [-0.3, -0.25) is 9.97 Å². The zero-order valence-corrected chi connectivity index (χ0v) is 27.7. The number of ether oxygens (including phenoxy) is 2. The van der Waals surface area contributed by atoms with Gasteiger partial charge in [0.2, 0.25) is 0 Å². The Morgan fingerprint density at radius 3 is 0.688 bits per heavy atom. The Morgan fingerprint density at radius 1 is 0.292 bits per heavy atom. The molecule has 0 saturated carbocycles. The third kappa shape index (κ3) is 7.03. The van der Waals surface area contributed by atoms with E-state index in [2.05, 4.69) is 121 Å². The number of rotatable bonds is 8. The van der Waals surface area contributed by atoms with Gasteiger partial charge >= 0.3 is 0 Å². The molecule has 0 bridgehead atoms. The zero-order valence-electron chi connectivity index (χ0n) is 27.7. The monoisotopic (exact) mass is 626 g/mol. The van der Waals surface area contributed by atoms with E-state index in [0.29, 0.717) is 0 Å². The second-order valence-electron chi connectivity index (χ2n) is 11.0. The van der Waals surface area contributed by atoms with Crippen molar-refractivity contribution in [2.24, 2.45) is 0 Å². The van der Waals surface area contributed by atoms with E-state index in [1.165, 1.54) is 11.1 Å². The summed E-state index contributed by atoms with van der Waals surface area (Å²) in [5.41, 5.74) is 13.1. The first-order valence-corrected chi connectivity index (χ1v) is 16.2. The highest BCUT2D eigenvalue weighted by atomic mass is 16.5. The summed E-state index contributed by atoms with van der Waals surface area (Å²) in [6.45, 7) is 4.00. The van der Waals surface area contributed by atoms with Crippen molar-refractivity contribution in [3.63, 3.8) is 0 Å². The average molecular weight is 627 g/mol. The van der Waals surface area contributed by atoms with Crippen LogP contribution < -0.4 is 9.47 Å². The van der Waals surface area contributed by atoms with Crippen molar-refractivity contribution in [3.8, 4) is 78.5 Å². The fourth-order valence-electron chi connectivity index (χ4n) is 5.68. The Hall–Kier alpha value is -6.00. The third-order valence-electron chi connectivity index (χ3n) is 8.30. The molecule has 6 aromatic carbocycles. The standard InChI is InChI=1S/C42H32N2O2.C2H6/c1-45-39-23-19-35(20-24-39)31-7-3-29(4-8-31)33-11-15-37(16-12-33)41-42(44-28-27-43-41)38-17-13-34(14-18-38)30-5-9-32(10-6-30)36-21-25-40(46-2)26-22-36;1-2/h3-28H,1-2H3;1-2H3. The van der Waals surface area contributed by atoms with Gasteiger partial charge in [-0.1, -0.05) is 135 Å². The van der Waals surface area contributed by atoms with Gasteiger partial charge in [0.05, 0.1) is 25.6 Å². The van der Waals surface area contributed by atoms with E-state index in [4.69, 9.17) is 19.4 Å². The zero-order chi connectivity index (χ0) is 33.3. The summed E-state index contributed by atoms with van der Waals surface area (Å²) in [5, 5.41) is 0. The summed E-state index contributed by atoms with van der Waals surface area (Å²) in [5.74, 6) is 1.71. The lowest BCUT2D eigenvalue weighted by Gasteiger charge is -2.11. The number of benzene rings is 6. The predicted molar refractivity (Wildman–Crippen MR) is 199 cm³/mol. The van der Waals surface area contributed by atoms with Crippen LogP contribution in [-0.4, -0.2) is 24.2 Å². The van der Waals surface area contributed by atoms with Crippen LogP contribution in [0.2, 0.25) is 0 Å². The molecule has 1 heterocycles. The molecule has 0 aliphatic heterocycles. The molecule has 0 spiro atoms. The van der Waals surface area contributed by atoms with Crippen molar-refractivity contribution in [2.45, 2.75) is 13.8 Å². The van der Waals surface area contributed by atoms with Crippen molar-refractivity contribution < 1.29 is 9.47 Å². The van der Waals surface area contributed by atoms with E-state index in [0.717, 1.165) is 67.4 Å². The van der Waals surface area contributed by atoms with Crippen LogP contribution in [0.25, 0.3) is 67.0 Å². The van der Waals surface area contributed by atoms with E-state index < -0.39 is 0 Å². The molecule has 4 heteroatoms. The van der Waals surface area contributed by atoms with Crippen LogP contribution in [-0.2, 0) is 0 Å². The molecule has 7 rings (SSSR count). The van der Waals surface area contributed by atoms with E-state index in [1.54, 1.807) is 26.6 Å². The van der Waals surface area contributed by atoms with E-state index >= 15 is 0 Å². The van der Waals surface area contributed by atoms with Gasteiger partial charge in [0.1, 0.15) is 11.5 Å². The second kappa shape index (κ2) is 15.1. The normalized spacial score (nSPS) is 10.5. The van der Waals surface area contributed by atoms with Crippen LogP contribution in [0.1, 0.15) is 13.8 Å². The number of aromatic nitrogens is 2. The van der Waals surface area contributed by atoms with Crippen molar-refractivity contribution in [2.75, 3.05) is 14.2 Å². The molecular weight excluding hydrogens is 588 g/mol. The number of hydrogen-bond acceptors (Lipinski definition) is 4. The smallest absolute Gasteiger partial charge is 0.118 e. The van der Waals surface area contributed by atoms with Gasteiger partial charge < -0.3 is 9.47 Å². The Bertz CT molecular complexity index is 1900. The maximum Gasteiger partial charge on any atom is 0.118 e. The van der Waals surface area contributed by atoms with Crippen LogP contribution in [0.3, 0.4) is 0 Å². The number of methoxy groups -OCH3 is 2. The quantitative estimate of drug-likeness (QED) is 0.168. The fraction of sp³-hybridized carbons (Fsp3) is 0.0909. The fourth-order valence-corrected chi connectivity index (χ4v) is 5.68. The highest BCUT2D eigenvalue weighted by Crippen LogP contribution is 2.33.